The summed E-state index contributed by atoms with van der Waals surface area (Å²) in [5.74, 6) is 1.45. The van der Waals surface area contributed by atoms with Gasteiger partial charge in [-0.05, 0) is 73.7 Å². The highest BCUT2D eigenvalue weighted by molar-refractivity contribution is 6.04. The molecule has 0 aromatic heterocycles. The first kappa shape index (κ1) is 20.9. The zero-order valence-corrected chi connectivity index (χ0v) is 17.0. The Morgan fingerprint density at radius 3 is 2.03 bits per heavy atom. The first-order valence-corrected chi connectivity index (χ1v) is 9.40. The van der Waals surface area contributed by atoms with Gasteiger partial charge in [0.15, 0.2) is 6.10 Å². The fourth-order valence-corrected chi connectivity index (χ4v) is 2.83. The molecule has 0 radical (unpaired) electrons. The lowest BCUT2D eigenvalue weighted by molar-refractivity contribution is 0.0818. The van der Waals surface area contributed by atoms with E-state index in [0.29, 0.717) is 34.1 Å². The lowest BCUT2D eigenvalue weighted by atomic mass is 10.1. The maximum absolute atomic E-state index is 12.5. The molecule has 0 bridgehead atoms. The minimum absolute atomic E-state index is 0.131. The van der Waals surface area contributed by atoms with Crippen LogP contribution in [0.5, 0.6) is 17.2 Å². The molecule has 30 heavy (non-hydrogen) atoms. The van der Waals surface area contributed by atoms with Gasteiger partial charge >= 0.3 is 0 Å². The molecule has 0 saturated carbocycles. The molecule has 0 aliphatic heterocycles. The van der Waals surface area contributed by atoms with Crippen molar-refractivity contribution in [2.24, 2.45) is 0 Å². The molecule has 3 rings (SSSR count). The Morgan fingerprint density at radius 2 is 1.40 bits per heavy atom. The van der Waals surface area contributed by atoms with E-state index in [9.17, 15) is 9.59 Å². The number of carbonyl (C=O) groups excluding carboxylic acids is 2. The maximum atomic E-state index is 12.5. The normalized spacial score (nSPS) is 11.3. The van der Waals surface area contributed by atoms with Crippen molar-refractivity contribution in [2.75, 3.05) is 19.5 Å². The Hall–Kier alpha value is -3.80. The number of ketones is 1. The largest absolute Gasteiger partial charge is 0.497 e. The fourth-order valence-electron chi connectivity index (χ4n) is 2.83. The van der Waals surface area contributed by atoms with E-state index in [1.165, 1.54) is 0 Å². The van der Waals surface area contributed by atoms with E-state index in [2.05, 4.69) is 5.32 Å². The second-order valence-electron chi connectivity index (χ2n) is 6.56. The summed E-state index contributed by atoms with van der Waals surface area (Å²) < 4.78 is 16.0. The maximum Gasteiger partial charge on any atom is 0.255 e. The fraction of sp³-hybridized carbons (Fsp3) is 0.167. The lowest BCUT2D eigenvalue weighted by Gasteiger charge is -2.14. The molecule has 0 heterocycles. The van der Waals surface area contributed by atoms with Crippen molar-refractivity contribution < 1.29 is 23.8 Å². The third kappa shape index (κ3) is 5.17. The number of amides is 1. The van der Waals surface area contributed by atoms with Crippen molar-refractivity contribution in [1.29, 1.82) is 0 Å². The molecule has 6 nitrogen and oxygen atoms in total. The van der Waals surface area contributed by atoms with Crippen LogP contribution in [0.2, 0.25) is 0 Å². The van der Waals surface area contributed by atoms with Crippen molar-refractivity contribution >= 4 is 17.4 Å². The Labute approximate surface area is 175 Å². The van der Waals surface area contributed by atoms with Crippen molar-refractivity contribution in [2.45, 2.75) is 13.0 Å². The molecule has 154 valence electrons. The molecule has 0 fully saturated rings. The summed E-state index contributed by atoms with van der Waals surface area (Å²) in [5, 5.41) is 2.82. The van der Waals surface area contributed by atoms with Crippen LogP contribution < -0.4 is 19.5 Å². The van der Waals surface area contributed by atoms with Crippen LogP contribution >= 0.6 is 0 Å². The number of rotatable bonds is 8. The summed E-state index contributed by atoms with van der Waals surface area (Å²) in [6.07, 6.45) is -0.657. The van der Waals surface area contributed by atoms with Crippen LogP contribution in [0.4, 0.5) is 5.69 Å². The Morgan fingerprint density at radius 1 is 0.767 bits per heavy atom. The monoisotopic (exact) mass is 405 g/mol. The number of nitrogens with one attached hydrogen (secondary N) is 1. The van der Waals surface area contributed by atoms with Crippen LogP contribution in [0.25, 0.3) is 0 Å². The number of Topliss-reactive ketones (excluding diaryl/α,β-unsaturated/α-hetero) is 1. The van der Waals surface area contributed by atoms with Gasteiger partial charge in [-0.25, -0.2) is 0 Å². The summed E-state index contributed by atoms with van der Waals surface area (Å²) in [7, 11) is 3.13. The molecule has 3 aromatic carbocycles. The number of hydrogen-bond donors (Lipinski definition) is 1. The van der Waals surface area contributed by atoms with Gasteiger partial charge in [-0.1, -0.05) is 6.07 Å². The Kier molecular flexibility index (Phi) is 6.70. The quantitative estimate of drug-likeness (QED) is 0.554. The summed E-state index contributed by atoms with van der Waals surface area (Å²) in [4.78, 5) is 24.9. The SMILES string of the molecule is COc1ccc(C(=O)[C@H](C)Oc2ccc(NC(=O)c3cccc(OC)c3)cc2)cc1. The minimum atomic E-state index is -0.657. The van der Waals surface area contributed by atoms with Crippen LogP contribution in [-0.2, 0) is 0 Å². The minimum Gasteiger partial charge on any atom is -0.497 e. The van der Waals surface area contributed by atoms with Crippen molar-refractivity contribution in [1.82, 2.24) is 0 Å². The van der Waals surface area contributed by atoms with Crippen LogP contribution in [0.15, 0.2) is 72.8 Å². The highest BCUT2D eigenvalue weighted by atomic mass is 16.5. The van der Waals surface area contributed by atoms with Gasteiger partial charge in [0.25, 0.3) is 5.91 Å². The van der Waals surface area contributed by atoms with Crippen LogP contribution in [0.3, 0.4) is 0 Å². The second-order valence-corrected chi connectivity index (χ2v) is 6.56. The lowest BCUT2D eigenvalue weighted by Crippen LogP contribution is -2.23. The molecule has 6 heteroatoms. The zero-order chi connectivity index (χ0) is 21.5. The van der Waals surface area contributed by atoms with Gasteiger partial charge in [-0.15, -0.1) is 0 Å². The first-order chi connectivity index (χ1) is 14.5. The molecule has 0 spiro atoms. The van der Waals surface area contributed by atoms with Gasteiger partial charge < -0.3 is 19.5 Å². The number of hydrogen-bond acceptors (Lipinski definition) is 5. The van der Waals surface area contributed by atoms with E-state index >= 15 is 0 Å². The van der Waals surface area contributed by atoms with Crippen LogP contribution in [0.1, 0.15) is 27.6 Å². The average Bonchev–Trinajstić information content (AvgIpc) is 2.79. The standard InChI is InChI=1S/C24H23NO5/c1-16(23(26)17-7-11-20(28-2)12-8-17)30-21-13-9-19(10-14-21)25-24(27)18-5-4-6-22(15-18)29-3/h4-16H,1-3H3,(H,25,27)/t16-/m0/s1. The molecule has 0 saturated heterocycles. The van der Waals surface area contributed by atoms with E-state index in [0.717, 1.165) is 0 Å². The number of ether oxygens (including phenoxy) is 3. The predicted octanol–water partition coefficient (Wildman–Crippen LogP) is 4.61. The number of benzene rings is 3. The van der Waals surface area contributed by atoms with Gasteiger partial charge in [0.05, 0.1) is 14.2 Å². The van der Waals surface area contributed by atoms with E-state index in [-0.39, 0.29) is 11.7 Å². The van der Waals surface area contributed by atoms with E-state index < -0.39 is 6.10 Å². The summed E-state index contributed by atoms with van der Waals surface area (Å²) in [5.41, 5.74) is 1.66. The van der Waals surface area contributed by atoms with Gasteiger partial charge in [0.2, 0.25) is 5.78 Å². The van der Waals surface area contributed by atoms with E-state index in [1.54, 1.807) is 93.9 Å². The molecule has 0 aliphatic carbocycles. The Bertz CT molecular complexity index is 1010. The third-order valence-corrected chi connectivity index (χ3v) is 4.50. The molecular weight excluding hydrogens is 382 g/mol. The zero-order valence-electron chi connectivity index (χ0n) is 17.0. The molecule has 1 amide bonds. The van der Waals surface area contributed by atoms with Gasteiger partial charge in [-0.3, -0.25) is 9.59 Å². The van der Waals surface area contributed by atoms with Crippen molar-refractivity contribution in [3.8, 4) is 17.2 Å². The summed E-state index contributed by atoms with van der Waals surface area (Å²) in [6.45, 7) is 1.70. The Balaban J connectivity index is 1.60. The smallest absolute Gasteiger partial charge is 0.255 e. The van der Waals surface area contributed by atoms with Crippen molar-refractivity contribution in [3.05, 3.63) is 83.9 Å². The van der Waals surface area contributed by atoms with E-state index in [1.807, 2.05) is 0 Å². The molecule has 0 aliphatic rings. The number of methoxy groups -OCH3 is 2. The highest BCUT2D eigenvalue weighted by Gasteiger charge is 2.17. The molecule has 1 N–H and O–H groups in total. The highest BCUT2D eigenvalue weighted by Crippen LogP contribution is 2.20. The molecular formula is C24H23NO5. The predicted molar refractivity (Wildman–Crippen MR) is 115 cm³/mol. The first-order valence-electron chi connectivity index (χ1n) is 9.40. The topological polar surface area (TPSA) is 73.9 Å². The van der Waals surface area contributed by atoms with Crippen LogP contribution in [0, 0.1) is 0 Å². The van der Waals surface area contributed by atoms with Gasteiger partial charge in [0, 0.05) is 16.8 Å². The average molecular weight is 405 g/mol. The summed E-state index contributed by atoms with van der Waals surface area (Å²) >= 11 is 0. The molecule has 3 aromatic rings. The number of anilines is 1. The van der Waals surface area contributed by atoms with Gasteiger partial charge in [0.1, 0.15) is 17.2 Å². The van der Waals surface area contributed by atoms with Crippen molar-refractivity contribution in [3.63, 3.8) is 0 Å². The third-order valence-electron chi connectivity index (χ3n) is 4.50. The molecule has 1 atom stereocenters. The molecule has 0 unspecified atom stereocenters. The van der Waals surface area contributed by atoms with E-state index in [4.69, 9.17) is 14.2 Å². The number of carbonyl (C=O) groups is 2. The summed E-state index contributed by atoms with van der Waals surface area (Å²) in [6, 6.07) is 20.6. The van der Waals surface area contributed by atoms with Gasteiger partial charge in [-0.2, -0.15) is 0 Å². The van der Waals surface area contributed by atoms with Crippen LogP contribution in [-0.4, -0.2) is 32.0 Å². The second kappa shape index (κ2) is 9.60.